The molecule has 0 fully saturated rings. The number of esters is 2. The van der Waals surface area contributed by atoms with Crippen molar-refractivity contribution in [2.75, 3.05) is 0 Å². The van der Waals surface area contributed by atoms with Gasteiger partial charge in [0.2, 0.25) is 0 Å². The maximum Gasteiger partial charge on any atom is 0.347 e. The molecule has 0 radical (unpaired) electrons. The van der Waals surface area contributed by atoms with E-state index in [1.165, 1.54) is 36.4 Å². The molecule has 0 saturated carbocycles. The molecule has 0 spiro atoms. The minimum Gasteiger partial charge on any atom is -0.507 e. The van der Waals surface area contributed by atoms with Crippen LogP contribution in [0.3, 0.4) is 0 Å². The predicted octanol–water partition coefficient (Wildman–Crippen LogP) is 3.97. The van der Waals surface area contributed by atoms with Crippen molar-refractivity contribution in [3.8, 4) is 11.5 Å². The van der Waals surface area contributed by atoms with Gasteiger partial charge in [-0.05, 0) is 42.0 Å². The molecule has 26 heavy (non-hydrogen) atoms. The van der Waals surface area contributed by atoms with Crippen LogP contribution in [0.15, 0.2) is 78.9 Å². The van der Waals surface area contributed by atoms with Crippen molar-refractivity contribution in [3.05, 3.63) is 95.6 Å². The van der Waals surface area contributed by atoms with Gasteiger partial charge in [-0.3, -0.25) is 0 Å². The Balaban J connectivity index is 1.60. The number of para-hydroxylation sites is 1. The van der Waals surface area contributed by atoms with Crippen LogP contribution in [0.2, 0.25) is 0 Å². The third-order valence-electron chi connectivity index (χ3n) is 3.64. The fourth-order valence-electron chi connectivity index (χ4n) is 2.27. The van der Waals surface area contributed by atoms with E-state index in [1.54, 1.807) is 12.1 Å². The second-order valence-corrected chi connectivity index (χ2v) is 5.49. The van der Waals surface area contributed by atoms with E-state index in [4.69, 9.17) is 9.47 Å². The van der Waals surface area contributed by atoms with Crippen LogP contribution in [0.5, 0.6) is 11.5 Å². The number of phenolic OH excluding ortho intramolecular Hbond substituents is 1. The standard InChI is InChI=1S/C21H16O5/c22-19-9-5-4-8-18(19)21(24)26-17-12-10-16(11-13-17)20(23)25-14-15-6-2-1-3-7-15/h1-13,22H,14H2. The van der Waals surface area contributed by atoms with Crippen molar-refractivity contribution in [2.24, 2.45) is 0 Å². The molecule has 5 nitrogen and oxygen atoms in total. The van der Waals surface area contributed by atoms with Gasteiger partial charge in [0.1, 0.15) is 23.7 Å². The zero-order valence-electron chi connectivity index (χ0n) is 13.8. The van der Waals surface area contributed by atoms with Crippen LogP contribution in [-0.4, -0.2) is 17.0 Å². The zero-order chi connectivity index (χ0) is 18.4. The molecule has 1 N–H and O–H groups in total. The molecule has 3 rings (SSSR count). The van der Waals surface area contributed by atoms with E-state index in [0.29, 0.717) is 5.56 Å². The summed E-state index contributed by atoms with van der Waals surface area (Å²) in [6.45, 7) is 0.184. The molecule has 0 aliphatic heterocycles. The normalized spacial score (nSPS) is 10.2. The highest BCUT2D eigenvalue weighted by atomic mass is 16.5. The quantitative estimate of drug-likeness (QED) is 0.558. The SMILES string of the molecule is O=C(OCc1ccccc1)c1ccc(OC(=O)c2ccccc2O)cc1. The molecule has 0 saturated heterocycles. The maximum absolute atomic E-state index is 12.1. The fourth-order valence-corrected chi connectivity index (χ4v) is 2.27. The molecule has 0 unspecified atom stereocenters. The van der Waals surface area contributed by atoms with Gasteiger partial charge in [-0.2, -0.15) is 0 Å². The third kappa shape index (κ3) is 4.27. The van der Waals surface area contributed by atoms with Gasteiger partial charge in [0.15, 0.2) is 0 Å². The third-order valence-corrected chi connectivity index (χ3v) is 3.64. The van der Waals surface area contributed by atoms with Crippen molar-refractivity contribution in [2.45, 2.75) is 6.61 Å². The molecule has 0 aromatic heterocycles. The molecule has 130 valence electrons. The van der Waals surface area contributed by atoms with E-state index in [0.717, 1.165) is 5.56 Å². The number of hydrogen-bond acceptors (Lipinski definition) is 5. The number of hydrogen-bond donors (Lipinski definition) is 1. The number of ether oxygens (including phenoxy) is 2. The van der Waals surface area contributed by atoms with Crippen LogP contribution in [0.1, 0.15) is 26.3 Å². The summed E-state index contributed by atoms with van der Waals surface area (Å²) in [7, 11) is 0. The Morgan fingerprint density at radius 1 is 0.769 bits per heavy atom. The summed E-state index contributed by atoms with van der Waals surface area (Å²) in [5, 5.41) is 9.67. The van der Waals surface area contributed by atoms with E-state index in [-0.39, 0.29) is 23.7 Å². The van der Waals surface area contributed by atoms with Crippen LogP contribution in [0.4, 0.5) is 0 Å². The van der Waals surface area contributed by atoms with Gasteiger partial charge in [-0.25, -0.2) is 9.59 Å². The Morgan fingerprint density at radius 2 is 1.42 bits per heavy atom. The molecule has 0 bridgehead atoms. The fraction of sp³-hybridized carbons (Fsp3) is 0.0476. The summed E-state index contributed by atoms with van der Waals surface area (Å²) in [4.78, 5) is 24.1. The first kappa shape index (κ1) is 17.2. The molecule has 0 atom stereocenters. The van der Waals surface area contributed by atoms with Crippen LogP contribution >= 0.6 is 0 Å². The number of rotatable bonds is 5. The molecule has 0 heterocycles. The first-order chi connectivity index (χ1) is 12.6. The van der Waals surface area contributed by atoms with Crippen molar-refractivity contribution in [1.29, 1.82) is 0 Å². The summed E-state index contributed by atoms with van der Waals surface area (Å²) in [5.74, 6) is -1.04. The average Bonchev–Trinajstić information content (AvgIpc) is 2.68. The largest absolute Gasteiger partial charge is 0.507 e. The lowest BCUT2D eigenvalue weighted by Gasteiger charge is -2.07. The summed E-state index contributed by atoms with van der Waals surface area (Å²) in [5.41, 5.74) is 1.32. The molecule has 0 aliphatic carbocycles. The Hall–Kier alpha value is -3.60. The van der Waals surface area contributed by atoms with Crippen LogP contribution in [0.25, 0.3) is 0 Å². The van der Waals surface area contributed by atoms with Gasteiger partial charge in [0.05, 0.1) is 5.56 Å². The second-order valence-electron chi connectivity index (χ2n) is 5.49. The van der Waals surface area contributed by atoms with Crippen LogP contribution in [0, 0.1) is 0 Å². The Labute approximate surface area is 150 Å². The highest BCUT2D eigenvalue weighted by Crippen LogP contribution is 2.20. The first-order valence-electron chi connectivity index (χ1n) is 7.95. The molecule has 0 aliphatic rings. The molecule has 0 amide bonds. The van der Waals surface area contributed by atoms with Crippen molar-refractivity contribution >= 4 is 11.9 Å². The monoisotopic (exact) mass is 348 g/mol. The molecule has 3 aromatic carbocycles. The van der Waals surface area contributed by atoms with Gasteiger partial charge in [0.25, 0.3) is 0 Å². The summed E-state index contributed by atoms with van der Waals surface area (Å²) < 4.78 is 10.4. The van der Waals surface area contributed by atoms with Crippen molar-refractivity contribution in [3.63, 3.8) is 0 Å². The second kappa shape index (κ2) is 7.98. The number of aromatic hydroxyl groups is 1. The number of carbonyl (C=O) groups is 2. The van der Waals surface area contributed by atoms with Gasteiger partial charge in [-0.1, -0.05) is 42.5 Å². The number of carbonyl (C=O) groups excluding carboxylic acids is 2. The topological polar surface area (TPSA) is 72.8 Å². The average molecular weight is 348 g/mol. The van der Waals surface area contributed by atoms with Gasteiger partial charge in [0, 0.05) is 0 Å². The summed E-state index contributed by atoms with van der Waals surface area (Å²) in [6, 6.07) is 21.5. The van der Waals surface area contributed by atoms with E-state index in [2.05, 4.69) is 0 Å². The van der Waals surface area contributed by atoms with Gasteiger partial charge in [-0.15, -0.1) is 0 Å². The Bertz CT molecular complexity index is 901. The van der Waals surface area contributed by atoms with Crippen LogP contribution < -0.4 is 4.74 Å². The van der Waals surface area contributed by atoms with Gasteiger partial charge >= 0.3 is 11.9 Å². The highest BCUT2D eigenvalue weighted by molar-refractivity contribution is 5.94. The summed E-state index contributed by atoms with van der Waals surface area (Å²) >= 11 is 0. The zero-order valence-corrected chi connectivity index (χ0v) is 13.8. The Kier molecular flexibility index (Phi) is 5.29. The minimum atomic E-state index is -0.678. The molecular formula is C21H16O5. The highest BCUT2D eigenvalue weighted by Gasteiger charge is 2.13. The Morgan fingerprint density at radius 3 is 2.12 bits per heavy atom. The van der Waals surface area contributed by atoms with Crippen molar-refractivity contribution < 1.29 is 24.2 Å². The number of benzene rings is 3. The van der Waals surface area contributed by atoms with E-state index in [1.807, 2.05) is 30.3 Å². The lowest BCUT2D eigenvalue weighted by atomic mass is 10.2. The number of phenols is 1. The van der Waals surface area contributed by atoms with Crippen LogP contribution in [-0.2, 0) is 11.3 Å². The first-order valence-corrected chi connectivity index (χ1v) is 7.95. The van der Waals surface area contributed by atoms with E-state index >= 15 is 0 Å². The molecule has 3 aromatic rings. The smallest absolute Gasteiger partial charge is 0.347 e. The molecular weight excluding hydrogens is 332 g/mol. The van der Waals surface area contributed by atoms with E-state index in [9.17, 15) is 14.7 Å². The lowest BCUT2D eigenvalue weighted by molar-refractivity contribution is 0.0472. The predicted molar refractivity (Wildman–Crippen MR) is 95.1 cm³/mol. The van der Waals surface area contributed by atoms with E-state index < -0.39 is 11.9 Å². The lowest BCUT2D eigenvalue weighted by Crippen LogP contribution is -2.09. The maximum atomic E-state index is 12.1. The summed E-state index contributed by atoms with van der Waals surface area (Å²) in [6.07, 6.45) is 0. The molecule has 5 heteroatoms. The van der Waals surface area contributed by atoms with Gasteiger partial charge < -0.3 is 14.6 Å². The minimum absolute atomic E-state index is 0.0684. The van der Waals surface area contributed by atoms with Crippen molar-refractivity contribution in [1.82, 2.24) is 0 Å².